The molecule has 0 saturated heterocycles. The summed E-state index contributed by atoms with van der Waals surface area (Å²) in [6.07, 6.45) is 6.58. The summed E-state index contributed by atoms with van der Waals surface area (Å²) in [6, 6.07) is 10.4. The van der Waals surface area contributed by atoms with Gasteiger partial charge in [0, 0.05) is 41.5 Å². The third-order valence-electron chi connectivity index (χ3n) is 3.08. The molecule has 0 aliphatic rings. The fraction of sp³-hybridized carbons (Fsp3) is 0. The highest BCUT2D eigenvalue weighted by atomic mass is 16.3. The summed E-state index contributed by atoms with van der Waals surface area (Å²) >= 11 is 0. The van der Waals surface area contributed by atoms with Gasteiger partial charge in [0.25, 0.3) is 0 Å². The smallest absolute Gasteiger partial charge is 0.135 e. The van der Waals surface area contributed by atoms with Crippen molar-refractivity contribution in [1.29, 1.82) is 0 Å². The van der Waals surface area contributed by atoms with Crippen molar-refractivity contribution < 1.29 is 10.2 Å². The highest BCUT2D eigenvalue weighted by molar-refractivity contribution is 5.85. The molecule has 2 heterocycles. The third-order valence-corrected chi connectivity index (χ3v) is 3.08. The molecule has 0 bridgehead atoms. The van der Waals surface area contributed by atoms with Crippen LogP contribution < -0.4 is 0 Å². The quantitative estimate of drug-likeness (QED) is 0.745. The van der Waals surface area contributed by atoms with Crippen molar-refractivity contribution in [3.8, 4) is 33.8 Å². The fourth-order valence-electron chi connectivity index (χ4n) is 2.13. The van der Waals surface area contributed by atoms with Crippen molar-refractivity contribution in [2.75, 3.05) is 0 Å². The maximum absolute atomic E-state index is 10.5. The topological polar surface area (TPSA) is 66.2 Å². The van der Waals surface area contributed by atoms with E-state index in [1.165, 1.54) is 0 Å². The van der Waals surface area contributed by atoms with Crippen LogP contribution in [0.4, 0.5) is 0 Å². The van der Waals surface area contributed by atoms with Crippen LogP contribution in [-0.2, 0) is 0 Å². The molecule has 0 atom stereocenters. The first kappa shape index (κ1) is 12.2. The molecule has 0 unspecified atom stereocenters. The molecule has 0 radical (unpaired) electrons. The normalized spacial score (nSPS) is 10.4. The number of hydrogen-bond donors (Lipinski definition) is 2. The number of nitrogens with zero attached hydrogens (tertiary/aromatic N) is 2. The van der Waals surface area contributed by atoms with Crippen LogP contribution in [0.1, 0.15) is 0 Å². The van der Waals surface area contributed by atoms with E-state index in [2.05, 4.69) is 9.97 Å². The van der Waals surface area contributed by atoms with Crippen molar-refractivity contribution in [3.05, 3.63) is 61.2 Å². The molecule has 2 aromatic heterocycles. The molecule has 20 heavy (non-hydrogen) atoms. The number of aromatic hydroxyl groups is 2. The Morgan fingerprint density at radius 2 is 1.40 bits per heavy atom. The van der Waals surface area contributed by atoms with Gasteiger partial charge in [-0.2, -0.15) is 0 Å². The summed E-state index contributed by atoms with van der Waals surface area (Å²) in [6.45, 7) is 0. The Morgan fingerprint density at radius 3 is 2.00 bits per heavy atom. The molecular formula is C16H12N2O2. The summed E-state index contributed by atoms with van der Waals surface area (Å²) in [4.78, 5) is 8.05. The van der Waals surface area contributed by atoms with Crippen LogP contribution in [0.25, 0.3) is 22.3 Å². The molecule has 0 spiro atoms. The molecule has 4 heteroatoms. The first-order chi connectivity index (χ1) is 9.77. The van der Waals surface area contributed by atoms with E-state index < -0.39 is 0 Å². The second kappa shape index (κ2) is 5.01. The average molecular weight is 264 g/mol. The van der Waals surface area contributed by atoms with Crippen LogP contribution in [0.3, 0.4) is 0 Å². The molecule has 1 aromatic carbocycles. The largest absolute Gasteiger partial charge is 0.507 e. The average Bonchev–Trinajstić information content (AvgIpc) is 2.49. The van der Waals surface area contributed by atoms with Crippen LogP contribution in [0.15, 0.2) is 61.2 Å². The van der Waals surface area contributed by atoms with Crippen molar-refractivity contribution in [1.82, 2.24) is 9.97 Å². The van der Waals surface area contributed by atoms with Gasteiger partial charge in [0.2, 0.25) is 0 Å². The molecule has 2 N–H and O–H groups in total. The Labute approximate surface area is 116 Å². The maximum Gasteiger partial charge on any atom is 0.135 e. The first-order valence-electron chi connectivity index (χ1n) is 6.13. The van der Waals surface area contributed by atoms with Crippen LogP contribution in [0.2, 0.25) is 0 Å². The molecule has 0 fully saturated rings. The van der Waals surface area contributed by atoms with E-state index in [1.54, 1.807) is 55.1 Å². The van der Waals surface area contributed by atoms with Gasteiger partial charge in [-0.25, -0.2) is 0 Å². The predicted octanol–water partition coefficient (Wildman–Crippen LogP) is 3.22. The van der Waals surface area contributed by atoms with Crippen LogP contribution in [-0.4, -0.2) is 20.2 Å². The SMILES string of the molecule is Oc1ccc(-c2cccnc2)c(O)c1-c1cccnc1. The Balaban J connectivity index is 2.22. The standard InChI is InChI=1S/C16H12N2O2/c19-14-6-5-13(11-3-1-7-17-9-11)16(20)15(14)12-4-2-8-18-10-12/h1-10,19-20H. The predicted molar refractivity (Wildman–Crippen MR) is 76.2 cm³/mol. The number of aromatic nitrogens is 2. The van der Waals surface area contributed by atoms with E-state index in [9.17, 15) is 10.2 Å². The summed E-state index contributed by atoms with van der Waals surface area (Å²) in [5.74, 6) is 0.0362. The molecule has 0 aliphatic heterocycles. The van der Waals surface area contributed by atoms with Gasteiger partial charge in [-0.1, -0.05) is 12.1 Å². The Morgan fingerprint density at radius 1 is 0.750 bits per heavy atom. The van der Waals surface area contributed by atoms with E-state index in [0.29, 0.717) is 16.7 Å². The number of phenols is 2. The van der Waals surface area contributed by atoms with Crippen LogP contribution in [0, 0.1) is 0 Å². The molecule has 3 aromatic rings. The zero-order chi connectivity index (χ0) is 13.9. The van der Waals surface area contributed by atoms with E-state index in [-0.39, 0.29) is 11.5 Å². The Kier molecular flexibility index (Phi) is 3.05. The van der Waals surface area contributed by atoms with Crippen molar-refractivity contribution in [3.63, 3.8) is 0 Å². The monoisotopic (exact) mass is 264 g/mol. The minimum atomic E-state index is 0.0168. The van der Waals surface area contributed by atoms with E-state index in [0.717, 1.165) is 5.56 Å². The Hall–Kier alpha value is -2.88. The lowest BCUT2D eigenvalue weighted by molar-refractivity contribution is 0.455. The van der Waals surface area contributed by atoms with Gasteiger partial charge < -0.3 is 10.2 Å². The van der Waals surface area contributed by atoms with E-state index in [1.807, 2.05) is 6.07 Å². The van der Waals surface area contributed by atoms with Crippen LogP contribution in [0.5, 0.6) is 11.5 Å². The first-order valence-corrected chi connectivity index (χ1v) is 6.13. The number of phenolic OH excluding ortho intramolecular Hbond substituents is 2. The fourth-order valence-corrected chi connectivity index (χ4v) is 2.13. The van der Waals surface area contributed by atoms with Crippen molar-refractivity contribution >= 4 is 0 Å². The van der Waals surface area contributed by atoms with Gasteiger partial charge in [-0.3, -0.25) is 9.97 Å². The molecule has 0 saturated carbocycles. The van der Waals surface area contributed by atoms with Gasteiger partial charge in [-0.05, 0) is 24.3 Å². The van der Waals surface area contributed by atoms with Gasteiger partial charge in [0.15, 0.2) is 0 Å². The second-order valence-corrected chi connectivity index (χ2v) is 4.34. The zero-order valence-electron chi connectivity index (χ0n) is 10.6. The summed E-state index contributed by atoms with van der Waals surface area (Å²) in [7, 11) is 0. The lowest BCUT2D eigenvalue weighted by atomic mass is 9.98. The van der Waals surface area contributed by atoms with E-state index in [4.69, 9.17) is 0 Å². The van der Waals surface area contributed by atoms with E-state index >= 15 is 0 Å². The zero-order valence-corrected chi connectivity index (χ0v) is 10.6. The highest BCUT2D eigenvalue weighted by Gasteiger charge is 2.15. The summed E-state index contributed by atoms with van der Waals surface area (Å²) < 4.78 is 0. The van der Waals surface area contributed by atoms with Gasteiger partial charge in [0.05, 0.1) is 5.56 Å². The number of rotatable bonds is 2. The summed E-state index contributed by atoms with van der Waals surface area (Å²) in [5.41, 5.74) is 2.44. The molecule has 0 amide bonds. The molecular weight excluding hydrogens is 252 g/mol. The third kappa shape index (κ3) is 2.07. The van der Waals surface area contributed by atoms with Crippen LogP contribution >= 0.6 is 0 Å². The maximum atomic E-state index is 10.5. The molecule has 4 nitrogen and oxygen atoms in total. The minimum absolute atomic E-state index is 0.0168. The molecule has 0 aliphatic carbocycles. The van der Waals surface area contributed by atoms with Gasteiger partial charge in [0.1, 0.15) is 11.5 Å². The lowest BCUT2D eigenvalue weighted by Crippen LogP contribution is -1.86. The number of benzene rings is 1. The second-order valence-electron chi connectivity index (χ2n) is 4.34. The van der Waals surface area contributed by atoms with Gasteiger partial charge >= 0.3 is 0 Å². The Bertz CT molecular complexity index is 728. The minimum Gasteiger partial charge on any atom is -0.507 e. The van der Waals surface area contributed by atoms with Gasteiger partial charge in [-0.15, -0.1) is 0 Å². The number of pyridine rings is 2. The van der Waals surface area contributed by atoms with Crippen molar-refractivity contribution in [2.24, 2.45) is 0 Å². The number of hydrogen-bond acceptors (Lipinski definition) is 4. The molecule has 3 rings (SSSR count). The summed E-state index contributed by atoms with van der Waals surface area (Å²) in [5, 5.41) is 20.5. The highest BCUT2D eigenvalue weighted by Crippen LogP contribution is 2.42. The molecule has 98 valence electrons. The lowest BCUT2D eigenvalue weighted by Gasteiger charge is -2.11. The van der Waals surface area contributed by atoms with Crippen molar-refractivity contribution in [2.45, 2.75) is 0 Å².